The van der Waals surface area contributed by atoms with Gasteiger partial charge in [0.15, 0.2) is 11.5 Å². The molecule has 2 aromatic carbocycles. The highest BCUT2D eigenvalue weighted by Gasteiger charge is 2.51. The first-order chi connectivity index (χ1) is 19.1. The maximum atomic E-state index is 13.6. The third-order valence-corrected chi connectivity index (χ3v) is 9.33. The van der Waals surface area contributed by atoms with Crippen LogP contribution in [0.2, 0.25) is 0 Å². The minimum Gasteiger partial charge on any atom is -0.493 e. The molecule has 2 aliphatic rings. The molecule has 40 heavy (non-hydrogen) atoms. The Morgan fingerprint density at radius 2 is 1.75 bits per heavy atom. The van der Waals surface area contributed by atoms with E-state index in [2.05, 4.69) is 73.9 Å². The van der Waals surface area contributed by atoms with Crippen molar-refractivity contribution in [1.82, 2.24) is 14.8 Å². The number of likely N-dealkylation sites (tertiary alicyclic amines) is 1. The van der Waals surface area contributed by atoms with Crippen molar-refractivity contribution in [2.75, 3.05) is 27.3 Å². The Bertz CT molecular complexity index is 1330. The molecule has 2 heterocycles. The number of amides is 1. The summed E-state index contributed by atoms with van der Waals surface area (Å²) >= 11 is 1.60. The number of hydrogen-bond donors (Lipinski definition) is 0. The van der Waals surface area contributed by atoms with Crippen LogP contribution in [0.1, 0.15) is 72.2 Å². The molecule has 5 rings (SSSR count). The number of carbonyl (C=O) groups excluding carboxylic acids is 1. The van der Waals surface area contributed by atoms with Gasteiger partial charge >= 0.3 is 0 Å². The minimum atomic E-state index is 0.101. The molecule has 2 atom stereocenters. The van der Waals surface area contributed by atoms with Crippen molar-refractivity contribution in [3.8, 4) is 11.5 Å². The zero-order valence-corrected chi connectivity index (χ0v) is 25.6. The number of thiazole rings is 1. The van der Waals surface area contributed by atoms with Gasteiger partial charge in [0.1, 0.15) is 10.7 Å². The van der Waals surface area contributed by atoms with Gasteiger partial charge in [-0.25, -0.2) is 4.98 Å². The van der Waals surface area contributed by atoms with Crippen molar-refractivity contribution in [2.45, 2.75) is 72.5 Å². The molecule has 7 heteroatoms. The largest absolute Gasteiger partial charge is 0.493 e. The highest BCUT2D eigenvalue weighted by molar-refractivity contribution is 7.09. The Balaban J connectivity index is 1.29. The lowest BCUT2D eigenvalue weighted by Crippen LogP contribution is -2.37. The lowest BCUT2D eigenvalue weighted by atomic mass is 9.65. The van der Waals surface area contributed by atoms with Gasteiger partial charge in [-0.2, -0.15) is 0 Å². The monoisotopic (exact) mass is 561 g/mol. The number of methoxy groups -OCH3 is 2. The second-order valence-electron chi connectivity index (χ2n) is 12.9. The zero-order chi connectivity index (χ0) is 28.5. The topological polar surface area (TPSA) is 54.9 Å². The summed E-state index contributed by atoms with van der Waals surface area (Å²) in [5, 5.41) is 2.95. The molecule has 6 nitrogen and oxygen atoms in total. The number of fused-ring (bicyclic) bond motifs is 2. The summed E-state index contributed by atoms with van der Waals surface area (Å²) in [7, 11) is 3.33. The summed E-state index contributed by atoms with van der Waals surface area (Å²) < 4.78 is 10.9. The van der Waals surface area contributed by atoms with Crippen molar-refractivity contribution in [1.29, 1.82) is 0 Å². The average Bonchev–Trinajstić information content (AvgIpc) is 3.48. The average molecular weight is 562 g/mol. The Hall–Kier alpha value is -2.90. The first-order valence-electron chi connectivity index (χ1n) is 14.3. The minimum absolute atomic E-state index is 0.101. The van der Waals surface area contributed by atoms with Gasteiger partial charge in [-0.05, 0) is 66.7 Å². The molecule has 1 aliphatic heterocycles. The Labute approximate surface area is 243 Å². The summed E-state index contributed by atoms with van der Waals surface area (Å²) in [6.07, 6.45) is 4.23. The van der Waals surface area contributed by atoms with Gasteiger partial charge in [0.05, 0.1) is 20.8 Å². The fraction of sp³-hybridized carbons (Fsp3) is 0.515. The normalized spacial score (nSPS) is 21.6. The van der Waals surface area contributed by atoms with Gasteiger partial charge in [0.2, 0.25) is 0 Å². The fourth-order valence-corrected chi connectivity index (χ4v) is 7.82. The fourth-order valence-electron chi connectivity index (χ4n) is 7.01. The summed E-state index contributed by atoms with van der Waals surface area (Å²) in [5.41, 5.74) is 4.82. The third kappa shape index (κ3) is 6.52. The van der Waals surface area contributed by atoms with Crippen molar-refractivity contribution in [3.05, 3.63) is 75.2 Å². The summed E-state index contributed by atoms with van der Waals surface area (Å²) in [6, 6.07) is 15.2. The predicted octanol–water partition coefficient (Wildman–Crippen LogP) is 6.75. The van der Waals surface area contributed by atoms with E-state index in [1.54, 1.807) is 25.6 Å². The van der Waals surface area contributed by atoms with Gasteiger partial charge in [-0.1, -0.05) is 56.7 Å². The van der Waals surface area contributed by atoms with Gasteiger partial charge in [0, 0.05) is 31.1 Å². The number of ether oxygens (including phenoxy) is 2. The van der Waals surface area contributed by atoms with E-state index in [-0.39, 0.29) is 16.7 Å². The van der Waals surface area contributed by atoms with E-state index in [0.717, 1.165) is 55.4 Å². The molecular weight excluding hydrogens is 518 g/mol. The summed E-state index contributed by atoms with van der Waals surface area (Å²) in [6.45, 7) is 12.4. The number of nitrogens with zero attached hydrogens (tertiary/aromatic N) is 3. The van der Waals surface area contributed by atoms with Crippen LogP contribution in [0.5, 0.6) is 11.5 Å². The lowest BCUT2D eigenvalue weighted by molar-refractivity contribution is 0.0702. The molecule has 1 aliphatic carbocycles. The smallest absolute Gasteiger partial charge is 0.273 e. The van der Waals surface area contributed by atoms with Crippen LogP contribution in [-0.2, 0) is 19.5 Å². The van der Waals surface area contributed by atoms with E-state index in [1.165, 1.54) is 23.1 Å². The number of hydrogen-bond acceptors (Lipinski definition) is 6. The van der Waals surface area contributed by atoms with Crippen LogP contribution < -0.4 is 9.47 Å². The quantitative estimate of drug-likeness (QED) is 0.274. The standard InChI is InChI=1S/C33H43N3O3S/c1-23-7-9-25(10-8-23)18-35(14-13-24-11-12-28(38-5)29(15-24)39-6)19-30-34-27(20-40-30)31(37)36-22-33(4)17-26(36)16-32(2,3)21-33/h7-12,15,20,26H,13-14,16-19,21-22H2,1-6H3. The molecule has 3 aromatic rings. The van der Waals surface area contributed by atoms with E-state index >= 15 is 0 Å². The van der Waals surface area contributed by atoms with Crippen molar-refractivity contribution in [2.24, 2.45) is 10.8 Å². The number of aryl methyl sites for hydroxylation is 1. The van der Waals surface area contributed by atoms with Gasteiger partial charge in [-0.15, -0.1) is 11.3 Å². The van der Waals surface area contributed by atoms with Gasteiger partial charge in [0.25, 0.3) is 5.91 Å². The maximum Gasteiger partial charge on any atom is 0.273 e. The number of aromatic nitrogens is 1. The molecule has 1 saturated carbocycles. The number of carbonyl (C=O) groups is 1. The lowest BCUT2D eigenvalue weighted by Gasteiger charge is -2.39. The van der Waals surface area contributed by atoms with Crippen LogP contribution in [0.4, 0.5) is 0 Å². The molecular formula is C33H43N3O3S. The number of rotatable bonds is 10. The molecule has 1 amide bonds. The molecule has 0 N–H and O–H groups in total. The Kier molecular flexibility index (Phi) is 8.25. The van der Waals surface area contributed by atoms with Crippen LogP contribution in [0.25, 0.3) is 0 Å². The summed E-state index contributed by atoms with van der Waals surface area (Å²) in [4.78, 5) is 23.0. The molecule has 2 unspecified atom stereocenters. The molecule has 1 saturated heterocycles. The molecule has 0 radical (unpaired) electrons. The van der Waals surface area contributed by atoms with Crippen LogP contribution >= 0.6 is 11.3 Å². The molecule has 2 fully saturated rings. The van der Waals surface area contributed by atoms with Gasteiger partial charge < -0.3 is 14.4 Å². The van der Waals surface area contributed by atoms with E-state index in [0.29, 0.717) is 18.3 Å². The van der Waals surface area contributed by atoms with Crippen LogP contribution in [0.15, 0.2) is 47.8 Å². The SMILES string of the molecule is COc1ccc(CCN(Cc2ccc(C)cc2)Cc2nc(C(=O)N3CC4(C)CC3CC(C)(C)C4)cs2)cc1OC. The Morgan fingerprint density at radius 3 is 2.48 bits per heavy atom. The number of benzene rings is 2. The Morgan fingerprint density at radius 1 is 1.02 bits per heavy atom. The highest BCUT2D eigenvalue weighted by atomic mass is 32.1. The van der Waals surface area contributed by atoms with Gasteiger partial charge in [-0.3, -0.25) is 9.69 Å². The van der Waals surface area contributed by atoms with E-state index in [9.17, 15) is 4.79 Å². The molecule has 1 aromatic heterocycles. The van der Waals surface area contributed by atoms with E-state index < -0.39 is 0 Å². The molecule has 2 bridgehead atoms. The van der Waals surface area contributed by atoms with E-state index in [1.807, 2.05) is 11.4 Å². The maximum absolute atomic E-state index is 13.6. The van der Waals surface area contributed by atoms with Crippen molar-refractivity contribution >= 4 is 17.2 Å². The zero-order valence-electron chi connectivity index (χ0n) is 24.8. The summed E-state index contributed by atoms with van der Waals surface area (Å²) in [5.74, 6) is 1.59. The van der Waals surface area contributed by atoms with Crippen LogP contribution in [0.3, 0.4) is 0 Å². The molecule has 0 spiro atoms. The van der Waals surface area contributed by atoms with Crippen LogP contribution in [0, 0.1) is 17.8 Å². The van der Waals surface area contributed by atoms with E-state index in [4.69, 9.17) is 14.5 Å². The highest BCUT2D eigenvalue weighted by Crippen LogP contribution is 2.52. The van der Waals surface area contributed by atoms with Crippen molar-refractivity contribution in [3.63, 3.8) is 0 Å². The first kappa shape index (κ1) is 28.6. The third-order valence-electron chi connectivity index (χ3n) is 8.50. The predicted molar refractivity (Wildman–Crippen MR) is 161 cm³/mol. The second kappa shape index (κ2) is 11.5. The molecule has 214 valence electrons. The first-order valence-corrected chi connectivity index (χ1v) is 15.2. The van der Waals surface area contributed by atoms with Crippen molar-refractivity contribution < 1.29 is 14.3 Å². The van der Waals surface area contributed by atoms with Crippen LogP contribution in [-0.4, -0.2) is 54.0 Å². The second-order valence-corrected chi connectivity index (χ2v) is 13.9.